The number of ether oxygens (including phenoxy) is 1. The Morgan fingerprint density at radius 2 is 1.76 bits per heavy atom. The van der Waals surface area contributed by atoms with Crippen molar-refractivity contribution < 1.29 is 23.2 Å². The van der Waals surface area contributed by atoms with Crippen LogP contribution in [0, 0.1) is 11.7 Å². The minimum atomic E-state index is -0.705. The molecule has 0 spiro atoms. The number of Topliss-reactive ketones (excluding diaryl/α,β-unsaturated/α-hetero) is 1. The van der Waals surface area contributed by atoms with Gasteiger partial charge in [0.25, 0.3) is 0 Å². The molecule has 3 aromatic rings. The van der Waals surface area contributed by atoms with Gasteiger partial charge in [0, 0.05) is 24.4 Å². The van der Waals surface area contributed by atoms with E-state index in [1.807, 2.05) is 47.8 Å². The summed E-state index contributed by atoms with van der Waals surface area (Å²) in [6, 6.07) is 18.5. The Morgan fingerprint density at radius 3 is 2.44 bits per heavy atom. The Morgan fingerprint density at radius 1 is 1.03 bits per heavy atom. The van der Waals surface area contributed by atoms with Gasteiger partial charge < -0.3 is 14.5 Å². The maximum absolute atomic E-state index is 13.4. The van der Waals surface area contributed by atoms with Gasteiger partial charge in [-0.15, -0.1) is 11.3 Å². The van der Waals surface area contributed by atoms with E-state index in [2.05, 4.69) is 5.32 Å². The smallest absolute Gasteiger partial charge is 0.333 e. The summed E-state index contributed by atoms with van der Waals surface area (Å²) in [5.41, 5.74) is 1.43. The van der Waals surface area contributed by atoms with Crippen LogP contribution in [0.15, 0.2) is 72.1 Å². The van der Waals surface area contributed by atoms with Crippen molar-refractivity contribution in [3.05, 3.63) is 88.4 Å². The number of nitrogens with one attached hydrogen (secondary N) is 1. The van der Waals surface area contributed by atoms with E-state index >= 15 is 0 Å². The molecule has 1 aromatic heterocycles. The van der Waals surface area contributed by atoms with Crippen LogP contribution >= 0.6 is 11.3 Å². The van der Waals surface area contributed by atoms with Crippen LogP contribution in [0.25, 0.3) is 0 Å². The van der Waals surface area contributed by atoms with Gasteiger partial charge in [0.2, 0.25) is 5.78 Å². The number of hydrogen-bond donors (Lipinski definition) is 1. The molecule has 3 fully saturated rings. The van der Waals surface area contributed by atoms with Gasteiger partial charge in [-0.25, -0.2) is 9.18 Å². The molecule has 1 N–H and O–H groups in total. The van der Waals surface area contributed by atoms with Crippen LogP contribution in [0.2, 0.25) is 0 Å². The molecule has 0 aliphatic carbocycles. The summed E-state index contributed by atoms with van der Waals surface area (Å²) in [6.07, 6.45) is 1.70. The monoisotopic (exact) mass is 479 g/mol. The van der Waals surface area contributed by atoms with E-state index in [1.54, 1.807) is 12.1 Å². The van der Waals surface area contributed by atoms with Crippen LogP contribution in [0.3, 0.4) is 0 Å². The highest BCUT2D eigenvalue weighted by atomic mass is 32.1. The number of hydrogen-bond acceptors (Lipinski definition) is 5. The summed E-state index contributed by atoms with van der Waals surface area (Å²) in [5, 5.41) is 5.15. The van der Waals surface area contributed by atoms with Gasteiger partial charge in [-0.3, -0.25) is 4.79 Å². The number of carbonyl (C=O) groups excluding carboxylic acids is 2. The van der Waals surface area contributed by atoms with Crippen molar-refractivity contribution >= 4 is 28.8 Å². The van der Waals surface area contributed by atoms with Crippen molar-refractivity contribution in [3.8, 4) is 0 Å². The summed E-state index contributed by atoms with van der Waals surface area (Å²) in [4.78, 5) is 27.1. The van der Waals surface area contributed by atoms with Crippen LogP contribution < -0.4 is 5.32 Å². The molecule has 2 bridgehead atoms. The first kappa shape index (κ1) is 22.7. The number of quaternary nitrogens is 1. The van der Waals surface area contributed by atoms with Gasteiger partial charge in [0.05, 0.1) is 18.0 Å². The van der Waals surface area contributed by atoms with Crippen molar-refractivity contribution in [2.75, 3.05) is 31.5 Å². The Balaban J connectivity index is 1.31. The Hall–Kier alpha value is -3.03. The second-order valence-corrected chi connectivity index (χ2v) is 10.3. The molecule has 1 unspecified atom stereocenters. The molecule has 176 valence electrons. The molecule has 5 nitrogen and oxygen atoms in total. The van der Waals surface area contributed by atoms with Crippen molar-refractivity contribution in [1.29, 1.82) is 0 Å². The summed E-state index contributed by atoms with van der Waals surface area (Å²) >= 11 is 1.48. The third kappa shape index (κ3) is 4.91. The van der Waals surface area contributed by atoms with Crippen LogP contribution in [-0.2, 0) is 9.53 Å². The zero-order valence-electron chi connectivity index (χ0n) is 18.9. The summed E-state index contributed by atoms with van der Waals surface area (Å²) in [6.45, 7) is 3.03. The number of thiophene rings is 1. The molecule has 6 rings (SSSR count). The lowest BCUT2D eigenvalue weighted by atomic mass is 9.83. The van der Waals surface area contributed by atoms with E-state index in [1.165, 1.54) is 23.5 Å². The predicted octanol–water partition coefficient (Wildman–Crippen LogP) is 5.08. The highest BCUT2D eigenvalue weighted by Gasteiger charge is 2.49. The molecule has 7 heteroatoms. The number of rotatable bonds is 8. The molecule has 4 heterocycles. The van der Waals surface area contributed by atoms with Crippen LogP contribution in [0.4, 0.5) is 10.1 Å². The standard InChI is InChI=1S/C27H28FN2O3S/c28-21-8-10-22(11-9-21)29-26(20-5-2-1-3-6-20)27(32)33-24-18-30(14-12-19(24)13-15-30)17-23(31)25-7-4-16-34-25/h1-11,16,19,24,26,29H,12-15,17-18H2/q+1/t19?,24-,26?,30?/m0/s1. The van der Waals surface area contributed by atoms with Crippen LogP contribution in [0.1, 0.15) is 34.1 Å². The first-order chi connectivity index (χ1) is 16.5. The van der Waals surface area contributed by atoms with E-state index in [4.69, 9.17) is 4.74 Å². The number of benzene rings is 2. The normalized spacial score (nSPS) is 24.4. The fourth-order valence-corrected chi connectivity index (χ4v) is 5.91. The molecular formula is C27H28FN2O3S+. The SMILES string of the molecule is O=C(C[N+]12CCC(CC1)[C@@H](OC(=O)C(Nc1ccc(F)cc1)c1ccccc1)C2)c1cccs1. The first-order valence-electron chi connectivity index (χ1n) is 11.7. The average Bonchev–Trinajstić information content (AvgIpc) is 3.40. The second-order valence-electron chi connectivity index (χ2n) is 9.34. The lowest BCUT2D eigenvalue weighted by Crippen LogP contribution is -2.65. The summed E-state index contributed by atoms with van der Waals surface area (Å²) in [5.74, 6) is -0.191. The van der Waals surface area contributed by atoms with Crippen molar-refractivity contribution in [1.82, 2.24) is 0 Å². The summed E-state index contributed by atoms with van der Waals surface area (Å²) < 4.78 is 20.2. The van der Waals surface area contributed by atoms with E-state index in [9.17, 15) is 14.0 Å². The van der Waals surface area contributed by atoms with Crippen molar-refractivity contribution in [2.24, 2.45) is 5.92 Å². The fraction of sp³-hybridized carbons (Fsp3) is 0.333. The number of nitrogens with zero attached hydrogens (tertiary/aromatic N) is 1. The van der Waals surface area contributed by atoms with Crippen molar-refractivity contribution in [2.45, 2.75) is 25.0 Å². The highest BCUT2D eigenvalue weighted by molar-refractivity contribution is 7.12. The lowest BCUT2D eigenvalue weighted by Gasteiger charge is -2.51. The molecule has 3 saturated heterocycles. The Labute approximate surface area is 202 Å². The molecule has 0 radical (unpaired) electrons. The third-order valence-corrected chi connectivity index (χ3v) is 8.02. The zero-order valence-corrected chi connectivity index (χ0v) is 19.7. The number of ketones is 1. The average molecular weight is 480 g/mol. The van der Waals surface area contributed by atoms with Gasteiger partial charge in [-0.05, 0) is 41.3 Å². The van der Waals surface area contributed by atoms with Gasteiger partial charge in [-0.1, -0.05) is 36.4 Å². The minimum absolute atomic E-state index is 0.167. The predicted molar refractivity (Wildman–Crippen MR) is 130 cm³/mol. The van der Waals surface area contributed by atoms with E-state index in [0.717, 1.165) is 36.4 Å². The van der Waals surface area contributed by atoms with E-state index < -0.39 is 6.04 Å². The van der Waals surface area contributed by atoms with Crippen molar-refractivity contribution in [3.63, 3.8) is 0 Å². The molecule has 0 saturated carbocycles. The number of fused-ring (bicyclic) bond motifs is 3. The Bertz CT molecular complexity index is 1130. The van der Waals surface area contributed by atoms with E-state index in [-0.39, 0.29) is 23.7 Å². The topological polar surface area (TPSA) is 55.4 Å². The molecule has 3 aliphatic heterocycles. The largest absolute Gasteiger partial charge is 0.454 e. The lowest BCUT2D eigenvalue weighted by molar-refractivity contribution is -0.938. The van der Waals surface area contributed by atoms with Gasteiger partial charge in [0.1, 0.15) is 18.9 Å². The number of halogens is 1. The second kappa shape index (κ2) is 9.68. The van der Waals surface area contributed by atoms with Crippen LogP contribution in [0.5, 0.6) is 0 Å². The van der Waals surface area contributed by atoms with E-state index in [0.29, 0.717) is 29.2 Å². The number of piperidine rings is 3. The quantitative estimate of drug-likeness (QED) is 0.278. The molecule has 0 amide bonds. The molecule has 2 atom stereocenters. The van der Waals surface area contributed by atoms with Crippen LogP contribution in [-0.4, -0.2) is 48.5 Å². The molecule has 2 aromatic carbocycles. The maximum Gasteiger partial charge on any atom is 0.333 e. The highest BCUT2D eigenvalue weighted by Crippen LogP contribution is 2.37. The third-order valence-electron chi connectivity index (χ3n) is 7.11. The number of carbonyl (C=O) groups is 2. The van der Waals surface area contributed by atoms with Gasteiger partial charge in [-0.2, -0.15) is 0 Å². The molecule has 34 heavy (non-hydrogen) atoms. The minimum Gasteiger partial charge on any atom is -0.454 e. The number of esters is 1. The first-order valence-corrected chi connectivity index (χ1v) is 12.6. The molecular weight excluding hydrogens is 451 g/mol. The number of anilines is 1. The van der Waals surface area contributed by atoms with Gasteiger partial charge >= 0.3 is 5.97 Å². The maximum atomic E-state index is 13.4. The zero-order chi connectivity index (χ0) is 23.5. The van der Waals surface area contributed by atoms with Gasteiger partial charge in [0.15, 0.2) is 12.1 Å². The molecule has 3 aliphatic rings. The Kier molecular flexibility index (Phi) is 6.48. The summed E-state index contributed by atoms with van der Waals surface area (Å²) in [7, 11) is 0. The fourth-order valence-electron chi connectivity index (χ4n) is 5.25.